The predicted octanol–water partition coefficient (Wildman–Crippen LogP) is 4.27. The average Bonchev–Trinajstić information content (AvgIpc) is 2.89. The van der Waals surface area contributed by atoms with Crippen molar-refractivity contribution in [1.82, 2.24) is 10.2 Å². The quantitative estimate of drug-likeness (QED) is 0.261. The van der Waals surface area contributed by atoms with Crippen LogP contribution in [0.25, 0.3) is 0 Å². The molecular weight excluding hydrogens is 436 g/mol. The number of aryl methyl sites for hydroxylation is 1. The fraction of sp³-hybridized carbons (Fsp3) is 0.345. The number of hydrogen-bond donors (Lipinski definition) is 4. The first-order valence-corrected chi connectivity index (χ1v) is 12.5. The number of nitrogens with two attached hydrogens (primary N) is 1. The molecule has 0 aromatic heterocycles. The van der Waals surface area contributed by atoms with E-state index in [1.54, 1.807) is 6.07 Å². The standard InChI is InChI=1S/C29H36N4O2/c30-26-11-4-5-12-27(26)32-28(34)14-13-22-9-6-10-25(19-22)29(35)31-20-23-15-17-33(18-16-23)21-24-7-2-1-3-8-24/h1-12,19,23,28,32,34H,13-18,20-21,30H2,(H,31,35). The number of carbonyl (C=O) groups is 1. The molecule has 1 fully saturated rings. The number of likely N-dealkylation sites (tertiary alicyclic amines) is 1. The number of benzene rings is 3. The van der Waals surface area contributed by atoms with Crippen molar-refractivity contribution in [3.63, 3.8) is 0 Å². The smallest absolute Gasteiger partial charge is 0.251 e. The van der Waals surface area contributed by atoms with Gasteiger partial charge in [-0.2, -0.15) is 0 Å². The molecule has 35 heavy (non-hydrogen) atoms. The van der Waals surface area contributed by atoms with E-state index >= 15 is 0 Å². The maximum Gasteiger partial charge on any atom is 0.251 e. The van der Waals surface area contributed by atoms with Crippen LogP contribution in [-0.2, 0) is 13.0 Å². The third kappa shape index (κ3) is 7.57. The van der Waals surface area contributed by atoms with Crippen LogP contribution in [0.15, 0.2) is 78.9 Å². The van der Waals surface area contributed by atoms with E-state index in [1.165, 1.54) is 5.56 Å². The first kappa shape index (κ1) is 24.8. The predicted molar refractivity (Wildman–Crippen MR) is 142 cm³/mol. The van der Waals surface area contributed by atoms with Crippen molar-refractivity contribution < 1.29 is 9.90 Å². The highest BCUT2D eigenvalue weighted by Crippen LogP contribution is 2.20. The summed E-state index contributed by atoms with van der Waals surface area (Å²) in [6.07, 6.45) is 2.65. The number of nitrogen functional groups attached to an aromatic ring is 1. The molecule has 5 N–H and O–H groups in total. The number of aliphatic hydroxyl groups excluding tert-OH is 1. The van der Waals surface area contributed by atoms with Gasteiger partial charge in [-0.15, -0.1) is 0 Å². The van der Waals surface area contributed by atoms with E-state index < -0.39 is 6.23 Å². The van der Waals surface area contributed by atoms with Crippen LogP contribution in [0.3, 0.4) is 0 Å². The highest BCUT2D eigenvalue weighted by molar-refractivity contribution is 5.94. The minimum atomic E-state index is -0.718. The Bertz CT molecular complexity index is 1080. The molecule has 0 radical (unpaired) electrons. The maximum absolute atomic E-state index is 12.8. The van der Waals surface area contributed by atoms with Gasteiger partial charge >= 0.3 is 0 Å². The fourth-order valence-corrected chi connectivity index (χ4v) is 4.58. The number of nitrogens with zero attached hydrogens (tertiary/aromatic N) is 1. The van der Waals surface area contributed by atoms with Crippen molar-refractivity contribution in [3.05, 3.63) is 95.6 Å². The molecule has 6 nitrogen and oxygen atoms in total. The van der Waals surface area contributed by atoms with Crippen molar-refractivity contribution in [2.75, 3.05) is 30.7 Å². The number of piperidine rings is 1. The molecule has 0 aliphatic carbocycles. The highest BCUT2D eigenvalue weighted by atomic mass is 16.3. The van der Waals surface area contributed by atoms with Crippen molar-refractivity contribution in [3.8, 4) is 0 Å². The van der Waals surface area contributed by atoms with Gasteiger partial charge in [0.2, 0.25) is 0 Å². The molecule has 1 saturated heterocycles. The average molecular weight is 473 g/mol. The van der Waals surface area contributed by atoms with Crippen molar-refractivity contribution in [2.24, 2.45) is 5.92 Å². The van der Waals surface area contributed by atoms with Gasteiger partial charge in [0.05, 0.1) is 11.4 Å². The molecule has 1 aliphatic rings. The van der Waals surface area contributed by atoms with Crippen molar-refractivity contribution in [1.29, 1.82) is 0 Å². The number of rotatable bonds is 10. The van der Waals surface area contributed by atoms with Crippen LogP contribution < -0.4 is 16.4 Å². The Kier molecular flexibility index (Phi) is 8.76. The number of carbonyl (C=O) groups excluding carboxylic acids is 1. The molecule has 0 spiro atoms. The lowest BCUT2D eigenvalue weighted by Gasteiger charge is -2.32. The van der Waals surface area contributed by atoms with Crippen LogP contribution in [0, 0.1) is 5.92 Å². The minimum Gasteiger partial charge on any atom is -0.397 e. The Hall–Kier alpha value is -3.35. The number of aliphatic hydroxyl groups is 1. The van der Waals surface area contributed by atoms with Crippen LogP contribution in [0.4, 0.5) is 11.4 Å². The molecular formula is C29H36N4O2. The van der Waals surface area contributed by atoms with Gasteiger partial charge in [-0.25, -0.2) is 0 Å². The van der Waals surface area contributed by atoms with Crippen molar-refractivity contribution in [2.45, 2.75) is 38.5 Å². The van der Waals surface area contributed by atoms with Crippen LogP contribution in [0.1, 0.15) is 40.7 Å². The van der Waals surface area contributed by atoms with E-state index in [2.05, 4.69) is 45.9 Å². The molecule has 6 heteroatoms. The van der Waals surface area contributed by atoms with E-state index in [0.29, 0.717) is 36.6 Å². The van der Waals surface area contributed by atoms with Crippen LogP contribution >= 0.6 is 0 Å². The Morgan fingerprint density at radius 1 is 0.971 bits per heavy atom. The van der Waals surface area contributed by atoms with Gasteiger partial charge in [-0.3, -0.25) is 9.69 Å². The zero-order valence-electron chi connectivity index (χ0n) is 20.2. The summed E-state index contributed by atoms with van der Waals surface area (Å²) < 4.78 is 0. The summed E-state index contributed by atoms with van der Waals surface area (Å²) >= 11 is 0. The van der Waals surface area contributed by atoms with Crippen LogP contribution in [-0.4, -0.2) is 41.8 Å². The van der Waals surface area contributed by atoms with Gasteiger partial charge in [0.15, 0.2) is 0 Å². The Labute approximate surface area is 208 Å². The third-order valence-electron chi connectivity index (χ3n) is 6.69. The molecule has 1 unspecified atom stereocenters. The van der Waals surface area contributed by atoms with Gasteiger partial charge in [-0.05, 0) is 80.1 Å². The second kappa shape index (κ2) is 12.4. The summed E-state index contributed by atoms with van der Waals surface area (Å²) in [5.41, 5.74) is 10.3. The summed E-state index contributed by atoms with van der Waals surface area (Å²) in [4.78, 5) is 15.3. The van der Waals surface area contributed by atoms with E-state index in [4.69, 9.17) is 5.73 Å². The largest absolute Gasteiger partial charge is 0.397 e. The summed E-state index contributed by atoms with van der Waals surface area (Å²) in [5.74, 6) is 0.482. The lowest BCUT2D eigenvalue weighted by atomic mass is 9.96. The first-order valence-electron chi connectivity index (χ1n) is 12.5. The third-order valence-corrected chi connectivity index (χ3v) is 6.69. The van der Waals surface area contributed by atoms with Crippen LogP contribution in [0.5, 0.6) is 0 Å². The zero-order chi connectivity index (χ0) is 24.5. The topological polar surface area (TPSA) is 90.6 Å². The first-order chi connectivity index (χ1) is 17.1. The Morgan fingerprint density at radius 2 is 1.69 bits per heavy atom. The number of amides is 1. The van der Waals surface area contributed by atoms with Gasteiger partial charge < -0.3 is 21.5 Å². The lowest BCUT2D eigenvalue weighted by molar-refractivity contribution is 0.0935. The number of hydrogen-bond acceptors (Lipinski definition) is 5. The monoisotopic (exact) mass is 472 g/mol. The fourth-order valence-electron chi connectivity index (χ4n) is 4.58. The highest BCUT2D eigenvalue weighted by Gasteiger charge is 2.20. The Balaban J connectivity index is 1.19. The van der Waals surface area contributed by atoms with Gasteiger partial charge in [0.1, 0.15) is 6.23 Å². The molecule has 1 aliphatic heterocycles. The van der Waals surface area contributed by atoms with E-state index in [0.717, 1.165) is 43.7 Å². The summed E-state index contributed by atoms with van der Waals surface area (Å²) in [7, 11) is 0. The zero-order valence-corrected chi connectivity index (χ0v) is 20.2. The molecule has 3 aromatic carbocycles. The number of anilines is 2. The van der Waals surface area contributed by atoms with E-state index in [1.807, 2.05) is 42.5 Å². The van der Waals surface area contributed by atoms with Crippen LogP contribution in [0.2, 0.25) is 0 Å². The number of para-hydroxylation sites is 2. The molecule has 1 atom stereocenters. The second-order valence-corrected chi connectivity index (χ2v) is 9.40. The molecule has 1 amide bonds. The minimum absolute atomic E-state index is 0.0331. The summed E-state index contributed by atoms with van der Waals surface area (Å²) in [6, 6.07) is 25.6. The maximum atomic E-state index is 12.8. The van der Waals surface area contributed by atoms with Gasteiger partial charge in [-0.1, -0.05) is 54.6 Å². The molecule has 0 saturated carbocycles. The normalized spacial score (nSPS) is 15.5. The van der Waals surface area contributed by atoms with Crippen molar-refractivity contribution >= 4 is 17.3 Å². The summed E-state index contributed by atoms with van der Waals surface area (Å²) in [6.45, 7) is 3.84. The lowest BCUT2D eigenvalue weighted by Crippen LogP contribution is -2.38. The van der Waals surface area contributed by atoms with E-state index in [-0.39, 0.29) is 5.91 Å². The second-order valence-electron chi connectivity index (χ2n) is 9.40. The molecule has 0 bridgehead atoms. The molecule has 4 rings (SSSR count). The van der Waals surface area contributed by atoms with Gasteiger partial charge in [0.25, 0.3) is 5.91 Å². The SMILES string of the molecule is Nc1ccccc1NC(O)CCc1cccc(C(=O)NCC2CCN(Cc3ccccc3)CC2)c1. The number of nitrogens with one attached hydrogen (secondary N) is 2. The molecule has 3 aromatic rings. The van der Waals surface area contributed by atoms with Gasteiger partial charge in [0, 0.05) is 18.7 Å². The Morgan fingerprint density at radius 3 is 2.46 bits per heavy atom. The molecule has 184 valence electrons. The van der Waals surface area contributed by atoms with E-state index in [9.17, 15) is 9.90 Å². The summed E-state index contributed by atoms with van der Waals surface area (Å²) in [5, 5.41) is 16.5. The molecule has 1 heterocycles.